The van der Waals surface area contributed by atoms with Crippen LogP contribution in [0.15, 0.2) is 35.4 Å². The third-order valence-corrected chi connectivity index (χ3v) is 11.1. The third kappa shape index (κ3) is 2.56. The molecule has 2 unspecified atom stereocenters. The van der Waals surface area contributed by atoms with Crippen molar-refractivity contribution in [1.82, 2.24) is 0 Å². The SMILES string of the molecule is CC1=Cc2c(C(C)C)cc(C(C)C)cc2C1C1C(C)=Cc2ccc3c(c21)[Si]3(C)C. The lowest BCUT2D eigenvalue weighted by Crippen LogP contribution is -2.22. The van der Waals surface area contributed by atoms with Crippen molar-refractivity contribution in [2.45, 2.75) is 78.3 Å². The van der Waals surface area contributed by atoms with E-state index in [1.807, 2.05) is 0 Å². The van der Waals surface area contributed by atoms with Crippen molar-refractivity contribution in [3.63, 3.8) is 0 Å². The predicted octanol–water partition coefficient (Wildman–Crippen LogP) is 6.77. The van der Waals surface area contributed by atoms with Gasteiger partial charge in [0.15, 0.2) is 0 Å². The number of benzene rings is 2. The first-order chi connectivity index (χ1) is 13.6. The lowest BCUT2D eigenvalue weighted by Gasteiger charge is -2.27. The lowest BCUT2D eigenvalue weighted by atomic mass is 9.76. The molecular weight excluding hydrogens is 364 g/mol. The van der Waals surface area contributed by atoms with E-state index in [2.05, 4.69) is 91.1 Å². The molecule has 2 aromatic carbocycles. The Balaban J connectivity index is 1.71. The average Bonchev–Trinajstić information content (AvgIpc) is 2.90. The van der Waals surface area contributed by atoms with Crippen molar-refractivity contribution in [1.29, 1.82) is 0 Å². The first-order valence-electron chi connectivity index (χ1n) is 11.3. The Kier molecular flexibility index (Phi) is 4.01. The molecule has 0 nitrogen and oxygen atoms in total. The molecule has 2 aliphatic carbocycles. The van der Waals surface area contributed by atoms with Crippen LogP contribution in [0.1, 0.15) is 98.6 Å². The first kappa shape index (κ1) is 19.1. The minimum atomic E-state index is -1.30. The second-order valence-electron chi connectivity index (χ2n) is 10.8. The van der Waals surface area contributed by atoms with Gasteiger partial charge in [-0.3, -0.25) is 0 Å². The summed E-state index contributed by atoms with van der Waals surface area (Å²) >= 11 is 0. The Morgan fingerprint density at radius 2 is 1.52 bits per heavy atom. The van der Waals surface area contributed by atoms with Gasteiger partial charge in [-0.25, -0.2) is 0 Å². The minimum Gasteiger partial charge on any atom is -0.0643 e. The fourth-order valence-electron chi connectivity index (χ4n) is 6.09. The number of allylic oxidation sites excluding steroid dienone is 2. The molecule has 1 aliphatic heterocycles. The second kappa shape index (κ2) is 6.08. The predicted molar refractivity (Wildman–Crippen MR) is 131 cm³/mol. The smallest absolute Gasteiger partial charge is 0.0643 e. The Morgan fingerprint density at radius 3 is 2.17 bits per heavy atom. The van der Waals surface area contributed by atoms with Crippen LogP contribution in [0.2, 0.25) is 13.1 Å². The van der Waals surface area contributed by atoms with Gasteiger partial charge in [0.2, 0.25) is 0 Å². The molecule has 0 spiro atoms. The number of fused-ring (bicyclic) bond motifs is 4. The summed E-state index contributed by atoms with van der Waals surface area (Å²) < 4.78 is 0. The van der Waals surface area contributed by atoms with Gasteiger partial charge in [0.05, 0.1) is 0 Å². The van der Waals surface area contributed by atoms with Gasteiger partial charge in [0, 0.05) is 11.8 Å². The molecule has 5 rings (SSSR count). The summed E-state index contributed by atoms with van der Waals surface area (Å²) in [6.07, 6.45) is 4.98. The van der Waals surface area contributed by atoms with Crippen LogP contribution in [0.4, 0.5) is 0 Å². The van der Waals surface area contributed by atoms with E-state index in [9.17, 15) is 0 Å². The van der Waals surface area contributed by atoms with Gasteiger partial charge >= 0.3 is 0 Å². The molecule has 29 heavy (non-hydrogen) atoms. The molecule has 2 aromatic rings. The number of hydrogen-bond acceptors (Lipinski definition) is 0. The molecule has 0 radical (unpaired) electrons. The van der Waals surface area contributed by atoms with Crippen LogP contribution >= 0.6 is 0 Å². The highest BCUT2D eigenvalue weighted by Crippen LogP contribution is 2.54. The summed E-state index contributed by atoms with van der Waals surface area (Å²) in [7, 11) is -1.30. The fraction of sp³-hybridized carbons (Fsp3) is 0.429. The van der Waals surface area contributed by atoms with Crippen molar-refractivity contribution in [3.8, 4) is 0 Å². The van der Waals surface area contributed by atoms with E-state index in [4.69, 9.17) is 0 Å². The molecule has 0 saturated carbocycles. The molecule has 0 N–H and O–H groups in total. The van der Waals surface area contributed by atoms with Crippen molar-refractivity contribution in [2.75, 3.05) is 0 Å². The van der Waals surface area contributed by atoms with Gasteiger partial charge in [-0.1, -0.05) is 98.7 Å². The van der Waals surface area contributed by atoms with Crippen LogP contribution in [0.3, 0.4) is 0 Å². The normalized spacial score (nSPS) is 23.1. The van der Waals surface area contributed by atoms with E-state index >= 15 is 0 Å². The van der Waals surface area contributed by atoms with Crippen molar-refractivity contribution in [3.05, 3.63) is 68.8 Å². The van der Waals surface area contributed by atoms with Crippen LogP contribution in [0.5, 0.6) is 0 Å². The van der Waals surface area contributed by atoms with Gasteiger partial charge in [-0.05, 0) is 59.1 Å². The molecule has 150 valence electrons. The molecule has 3 aliphatic rings. The van der Waals surface area contributed by atoms with E-state index < -0.39 is 8.07 Å². The molecule has 0 fully saturated rings. The Bertz CT molecular complexity index is 1110. The monoisotopic (exact) mass is 398 g/mol. The summed E-state index contributed by atoms with van der Waals surface area (Å²) in [5, 5.41) is 3.46. The van der Waals surface area contributed by atoms with Crippen LogP contribution < -0.4 is 10.4 Å². The van der Waals surface area contributed by atoms with Gasteiger partial charge in [-0.2, -0.15) is 0 Å². The number of rotatable bonds is 3. The standard InChI is InChI=1S/C28H34Si/c1-15(2)20-13-21(16(3)4)22-12-18(6)25(23(22)14-20)26-17(5)11-19-9-10-24-28(27(19)26)29(24,7)8/h9-16,25-26H,1-8H3. The van der Waals surface area contributed by atoms with Crippen LogP contribution in [-0.2, 0) is 0 Å². The maximum Gasteiger partial charge on any atom is 0.112 e. The average molecular weight is 399 g/mol. The second-order valence-corrected chi connectivity index (χ2v) is 15.1. The zero-order chi connectivity index (χ0) is 20.8. The fourth-order valence-corrected chi connectivity index (χ4v) is 9.53. The van der Waals surface area contributed by atoms with Crippen LogP contribution in [0.25, 0.3) is 12.2 Å². The topological polar surface area (TPSA) is 0 Å². The molecule has 1 heterocycles. The van der Waals surface area contributed by atoms with E-state index in [1.165, 1.54) is 22.3 Å². The molecular formula is C28H34Si. The Hall–Kier alpha value is -1.86. The van der Waals surface area contributed by atoms with Crippen molar-refractivity contribution < 1.29 is 0 Å². The Morgan fingerprint density at radius 1 is 0.828 bits per heavy atom. The summed E-state index contributed by atoms with van der Waals surface area (Å²) in [5.74, 6) is 2.14. The Labute approximate surface area is 177 Å². The molecule has 0 bridgehead atoms. The highest BCUT2D eigenvalue weighted by molar-refractivity contribution is 7.16. The molecule has 0 amide bonds. The lowest BCUT2D eigenvalue weighted by molar-refractivity contribution is 0.691. The summed E-state index contributed by atoms with van der Waals surface area (Å²) in [6, 6.07) is 9.84. The van der Waals surface area contributed by atoms with Crippen LogP contribution in [-0.4, -0.2) is 8.07 Å². The van der Waals surface area contributed by atoms with Crippen LogP contribution in [0, 0.1) is 0 Å². The molecule has 0 aromatic heterocycles. The third-order valence-electron chi connectivity index (χ3n) is 7.79. The molecule has 0 saturated heterocycles. The highest BCUT2D eigenvalue weighted by Gasteiger charge is 2.50. The zero-order valence-electron chi connectivity index (χ0n) is 19.3. The molecule has 1 heteroatoms. The maximum absolute atomic E-state index is 2.54. The van der Waals surface area contributed by atoms with Crippen molar-refractivity contribution in [2.24, 2.45) is 0 Å². The van der Waals surface area contributed by atoms with Gasteiger partial charge in [-0.15, -0.1) is 0 Å². The van der Waals surface area contributed by atoms with Crippen molar-refractivity contribution >= 4 is 30.6 Å². The summed E-state index contributed by atoms with van der Waals surface area (Å²) in [4.78, 5) is 0. The molecule has 2 atom stereocenters. The minimum absolute atomic E-state index is 0.496. The van der Waals surface area contributed by atoms with E-state index in [-0.39, 0.29) is 0 Å². The largest absolute Gasteiger partial charge is 0.112 e. The summed E-state index contributed by atoms with van der Waals surface area (Å²) in [5.41, 5.74) is 12.4. The van der Waals surface area contributed by atoms with Gasteiger partial charge in [0.25, 0.3) is 0 Å². The van der Waals surface area contributed by atoms with E-state index in [0.29, 0.717) is 23.7 Å². The van der Waals surface area contributed by atoms with E-state index in [0.717, 1.165) is 0 Å². The van der Waals surface area contributed by atoms with Gasteiger partial charge < -0.3 is 0 Å². The zero-order valence-corrected chi connectivity index (χ0v) is 20.3. The maximum atomic E-state index is 2.54. The number of hydrogen-bond donors (Lipinski definition) is 0. The highest BCUT2D eigenvalue weighted by atomic mass is 28.3. The summed E-state index contributed by atoms with van der Waals surface area (Å²) in [6.45, 7) is 19.2. The quantitative estimate of drug-likeness (QED) is 0.500. The first-order valence-corrected chi connectivity index (χ1v) is 14.3. The van der Waals surface area contributed by atoms with Gasteiger partial charge in [0.1, 0.15) is 8.07 Å². The van der Waals surface area contributed by atoms with E-state index in [1.54, 1.807) is 32.6 Å².